The van der Waals surface area contributed by atoms with E-state index in [9.17, 15) is 4.79 Å². The van der Waals surface area contributed by atoms with Gasteiger partial charge in [-0.15, -0.1) is 0 Å². The van der Waals surface area contributed by atoms with Gasteiger partial charge in [0.25, 0.3) is 0 Å². The van der Waals surface area contributed by atoms with Gasteiger partial charge in [0.15, 0.2) is 0 Å². The summed E-state index contributed by atoms with van der Waals surface area (Å²) in [5.41, 5.74) is 3.79. The number of hydrogen-bond donors (Lipinski definition) is 0. The number of ether oxygens (including phenoxy) is 2. The van der Waals surface area contributed by atoms with Crippen LogP contribution in [0.1, 0.15) is 51.0 Å². The van der Waals surface area contributed by atoms with Crippen LogP contribution in [-0.2, 0) is 16.0 Å². The highest BCUT2D eigenvalue weighted by molar-refractivity contribution is 5.74. The highest BCUT2D eigenvalue weighted by Crippen LogP contribution is 2.29. The van der Waals surface area contributed by atoms with Crippen molar-refractivity contribution in [2.45, 2.75) is 51.9 Å². The topological polar surface area (TPSA) is 35.5 Å². The number of methoxy groups -OCH3 is 1. The van der Waals surface area contributed by atoms with Crippen LogP contribution in [-0.4, -0.2) is 19.7 Å². The number of esters is 1. The lowest BCUT2D eigenvalue weighted by Crippen LogP contribution is -2.14. The van der Waals surface area contributed by atoms with Gasteiger partial charge in [-0.1, -0.05) is 62.6 Å². The number of aryl methyl sites for hydroxylation is 1. The smallest absolute Gasteiger partial charge is 0.309 e. The minimum absolute atomic E-state index is 0.0188. The molecule has 2 atom stereocenters. The molecule has 150 valence electrons. The fourth-order valence-electron chi connectivity index (χ4n) is 4.04. The molecule has 1 saturated heterocycles. The monoisotopic (exact) mass is 380 g/mol. The number of rotatable bonds is 10. The molecule has 3 rings (SSSR count). The molecule has 1 heterocycles. The van der Waals surface area contributed by atoms with Gasteiger partial charge in [0.05, 0.1) is 19.6 Å². The lowest BCUT2D eigenvalue weighted by atomic mass is 9.85. The Hall–Kier alpha value is -2.29. The second-order valence-electron chi connectivity index (χ2n) is 7.86. The van der Waals surface area contributed by atoms with Crippen LogP contribution in [0, 0.1) is 11.8 Å². The maximum atomic E-state index is 11.8. The molecule has 3 nitrogen and oxygen atoms in total. The first kappa shape index (κ1) is 20.4. The molecule has 2 aromatic carbocycles. The van der Waals surface area contributed by atoms with Gasteiger partial charge >= 0.3 is 5.97 Å². The largest absolute Gasteiger partial charge is 0.497 e. The van der Waals surface area contributed by atoms with Gasteiger partial charge in [0, 0.05) is 0 Å². The molecule has 0 aromatic heterocycles. The number of unbranched alkanes of at least 4 members (excludes halogenated alkanes) is 1. The standard InChI is InChI=1S/C25H32O3/c1-3-4-5-20(18-23-16-17-28-25(23)26)7-6-19-8-10-21(11-9-19)22-12-14-24(27-2)15-13-22/h8-15,20,23H,3-7,16-18H2,1-2H3. The minimum atomic E-state index is 0.0188. The predicted octanol–water partition coefficient (Wildman–Crippen LogP) is 6.05. The van der Waals surface area contributed by atoms with Crippen LogP contribution >= 0.6 is 0 Å². The summed E-state index contributed by atoms with van der Waals surface area (Å²) < 4.78 is 10.4. The number of carbonyl (C=O) groups is 1. The van der Waals surface area contributed by atoms with E-state index in [-0.39, 0.29) is 11.9 Å². The van der Waals surface area contributed by atoms with E-state index in [4.69, 9.17) is 9.47 Å². The van der Waals surface area contributed by atoms with Crippen LogP contribution in [0.4, 0.5) is 0 Å². The van der Waals surface area contributed by atoms with E-state index in [0.717, 1.165) is 31.4 Å². The Balaban J connectivity index is 1.57. The molecule has 0 radical (unpaired) electrons. The Morgan fingerprint density at radius 3 is 2.29 bits per heavy atom. The zero-order valence-corrected chi connectivity index (χ0v) is 17.2. The molecule has 0 saturated carbocycles. The van der Waals surface area contributed by atoms with Crippen molar-refractivity contribution in [2.24, 2.45) is 11.8 Å². The predicted molar refractivity (Wildman–Crippen MR) is 113 cm³/mol. The summed E-state index contributed by atoms with van der Waals surface area (Å²) in [5.74, 6) is 1.63. The van der Waals surface area contributed by atoms with Gasteiger partial charge in [-0.2, -0.15) is 0 Å². The molecule has 2 aromatic rings. The summed E-state index contributed by atoms with van der Waals surface area (Å²) in [6, 6.07) is 17.1. The number of carbonyl (C=O) groups excluding carboxylic acids is 1. The minimum Gasteiger partial charge on any atom is -0.497 e. The van der Waals surface area contributed by atoms with E-state index >= 15 is 0 Å². The van der Waals surface area contributed by atoms with Crippen LogP contribution in [0.15, 0.2) is 48.5 Å². The van der Waals surface area contributed by atoms with Crippen LogP contribution in [0.3, 0.4) is 0 Å². The lowest BCUT2D eigenvalue weighted by Gasteiger charge is -2.19. The highest BCUT2D eigenvalue weighted by Gasteiger charge is 2.28. The summed E-state index contributed by atoms with van der Waals surface area (Å²) >= 11 is 0. The maximum Gasteiger partial charge on any atom is 0.309 e. The van der Waals surface area contributed by atoms with Crippen molar-refractivity contribution >= 4 is 5.97 Å². The first-order valence-electron chi connectivity index (χ1n) is 10.6. The van der Waals surface area contributed by atoms with Gasteiger partial charge in [-0.05, 0) is 60.4 Å². The fraction of sp³-hybridized carbons (Fsp3) is 0.480. The SMILES string of the molecule is CCCCC(CCc1ccc(-c2ccc(OC)cc2)cc1)CC1CCOC1=O. The Kier molecular flexibility index (Phi) is 7.53. The van der Waals surface area contributed by atoms with Crippen molar-refractivity contribution in [3.8, 4) is 16.9 Å². The molecule has 0 aliphatic carbocycles. The number of benzene rings is 2. The Labute approximate surface area is 169 Å². The molecule has 1 aliphatic heterocycles. The zero-order valence-electron chi connectivity index (χ0n) is 17.2. The molecule has 28 heavy (non-hydrogen) atoms. The Morgan fingerprint density at radius 1 is 1.04 bits per heavy atom. The van der Waals surface area contributed by atoms with Crippen LogP contribution in [0.2, 0.25) is 0 Å². The summed E-state index contributed by atoms with van der Waals surface area (Å²) in [6.07, 6.45) is 7.76. The number of cyclic esters (lactones) is 1. The zero-order chi connectivity index (χ0) is 19.8. The fourth-order valence-corrected chi connectivity index (χ4v) is 4.04. The second kappa shape index (κ2) is 10.3. The van der Waals surface area contributed by atoms with Gasteiger partial charge in [0.2, 0.25) is 0 Å². The van der Waals surface area contributed by atoms with E-state index < -0.39 is 0 Å². The molecule has 3 heteroatoms. The van der Waals surface area contributed by atoms with E-state index in [1.807, 2.05) is 12.1 Å². The summed E-state index contributed by atoms with van der Waals surface area (Å²) in [5, 5.41) is 0. The molecule has 1 aliphatic rings. The van der Waals surface area contributed by atoms with Crippen LogP contribution in [0.5, 0.6) is 5.75 Å². The molecular weight excluding hydrogens is 348 g/mol. The Morgan fingerprint density at radius 2 is 1.71 bits per heavy atom. The highest BCUT2D eigenvalue weighted by atomic mass is 16.5. The Bertz CT molecular complexity index is 733. The van der Waals surface area contributed by atoms with Crippen molar-refractivity contribution in [3.05, 3.63) is 54.1 Å². The molecule has 1 fully saturated rings. The molecule has 0 N–H and O–H groups in total. The molecule has 0 bridgehead atoms. The molecule has 0 amide bonds. The first-order valence-corrected chi connectivity index (χ1v) is 10.6. The maximum absolute atomic E-state index is 11.8. The summed E-state index contributed by atoms with van der Waals surface area (Å²) in [7, 11) is 1.69. The van der Waals surface area contributed by atoms with Crippen molar-refractivity contribution in [1.29, 1.82) is 0 Å². The average molecular weight is 381 g/mol. The summed E-state index contributed by atoms with van der Waals surface area (Å²) in [6.45, 7) is 2.84. The van der Waals surface area contributed by atoms with Crippen LogP contribution in [0.25, 0.3) is 11.1 Å². The van der Waals surface area contributed by atoms with E-state index in [1.165, 1.54) is 36.0 Å². The quantitative estimate of drug-likeness (QED) is 0.470. The molecule has 0 spiro atoms. The van der Waals surface area contributed by atoms with E-state index in [0.29, 0.717) is 12.5 Å². The molecule has 2 unspecified atom stereocenters. The normalized spacial score (nSPS) is 17.4. The summed E-state index contributed by atoms with van der Waals surface area (Å²) in [4.78, 5) is 11.8. The second-order valence-corrected chi connectivity index (χ2v) is 7.86. The van der Waals surface area contributed by atoms with Crippen molar-refractivity contribution in [3.63, 3.8) is 0 Å². The van der Waals surface area contributed by atoms with Gasteiger partial charge in [-0.3, -0.25) is 4.79 Å². The lowest BCUT2D eigenvalue weighted by molar-refractivity contribution is -0.141. The third-order valence-electron chi connectivity index (χ3n) is 5.85. The molecular formula is C25H32O3. The van der Waals surface area contributed by atoms with Crippen molar-refractivity contribution in [2.75, 3.05) is 13.7 Å². The van der Waals surface area contributed by atoms with Crippen molar-refractivity contribution < 1.29 is 14.3 Å². The van der Waals surface area contributed by atoms with Gasteiger partial charge in [-0.25, -0.2) is 0 Å². The average Bonchev–Trinajstić information content (AvgIpc) is 3.15. The van der Waals surface area contributed by atoms with E-state index in [2.05, 4.69) is 43.3 Å². The van der Waals surface area contributed by atoms with Gasteiger partial charge in [0.1, 0.15) is 5.75 Å². The van der Waals surface area contributed by atoms with Gasteiger partial charge < -0.3 is 9.47 Å². The van der Waals surface area contributed by atoms with E-state index in [1.54, 1.807) is 7.11 Å². The first-order chi connectivity index (χ1) is 13.7. The third kappa shape index (κ3) is 5.60. The number of hydrogen-bond acceptors (Lipinski definition) is 3. The third-order valence-corrected chi connectivity index (χ3v) is 5.85. The van der Waals surface area contributed by atoms with Crippen molar-refractivity contribution in [1.82, 2.24) is 0 Å². The van der Waals surface area contributed by atoms with Crippen LogP contribution < -0.4 is 4.74 Å².